The van der Waals surface area contributed by atoms with Crippen LogP contribution in [0.3, 0.4) is 0 Å². The highest BCUT2D eigenvalue weighted by molar-refractivity contribution is 6.23. The number of nitrogens with one attached hydrogen (secondary N) is 2. The van der Waals surface area contributed by atoms with Crippen molar-refractivity contribution in [2.24, 2.45) is 0 Å². The summed E-state index contributed by atoms with van der Waals surface area (Å²) in [5.41, 5.74) is 3.43. The van der Waals surface area contributed by atoms with Gasteiger partial charge in [-0.15, -0.1) is 0 Å². The fourth-order valence-electron chi connectivity index (χ4n) is 3.40. The lowest BCUT2D eigenvalue weighted by molar-refractivity contribution is 0.0361. The number of imidazole rings is 1. The van der Waals surface area contributed by atoms with Gasteiger partial charge in [0.05, 0.1) is 36.4 Å². The first-order chi connectivity index (χ1) is 12.1. The molecule has 1 aromatic heterocycles. The average molecular weight is 341 g/mol. The van der Waals surface area contributed by atoms with Crippen molar-refractivity contribution in [2.75, 3.05) is 45.9 Å². The van der Waals surface area contributed by atoms with Gasteiger partial charge in [0, 0.05) is 26.2 Å². The number of hydrogen-bond acceptors (Lipinski definition) is 5. The zero-order valence-electron chi connectivity index (χ0n) is 14.4. The summed E-state index contributed by atoms with van der Waals surface area (Å²) < 4.78 is 5.36. The number of fused-ring (bicyclic) bond motifs is 1. The SMILES string of the molecule is Cc1ccc2nc(C3=C(O)CN(CCN4CCOCC4)C3=N)[nH]c2c1. The molecule has 0 amide bonds. The smallest absolute Gasteiger partial charge is 0.145 e. The van der Waals surface area contributed by atoms with E-state index in [-0.39, 0.29) is 5.76 Å². The van der Waals surface area contributed by atoms with Crippen molar-refractivity contribution >= 4 is 22.4 Å². The number of morpholine rings is 1. The standard InChI is InChI=1S/C18H23N5O2/c1-12-2-3-13-14(10-12)21-18(20-13)16-15(24)11-23(17(16)19)5-4-22-6-8-25-9-7-22/h2-3,10,19,24H,4-9,11H2,1H3,(H,20,21). The molecule has 2 aliphatic heterocycles. The molecule has 0 spiro atoms. The zero-order valence-corrected chi connectivity index (χ0v) is 14.4. The second-order valence-corrected chi connectivity index (χ2v) is 6.65. The van der Waals surface area contributed by atoms with E-state index >= 15 is 0 Å². The second-order valence-electron chi connectivity index (χ2n) is 6.65. The summed E-state index contributed by atoms with van der Waals surface area (Å²) in [6.45, 7) is 7.37. The predicted molar refractivity (Wildman–Crippen MR) is 96.9 cm³/mol. The van der Waals surface area contributed by atoms with Crippen molar-refractivity contribution in [1.29, 1.82) is 5.41 Å². The number of aromatic nitrogens is 2. The molecule has 25 heavy (non-hydrogen) atoms. The average Bonchev–Trinajstić information content (AvgIpc) is 3.13. The van der Waals surface area contributed by atoms with Crippen molar-refractivity contribution in [3.63, 3.8) is 0 Å². The highest BCUT2D eigenvalue weighted by Crippen LogP contribution is 2.27. The van der Waals surface area contributed by atoms with Gasteiger partial charge in [0.2, 0.25) is 0 Å². The summed E-state index contributed by atoms with van der Waals surface area (Å²) in [4.78, 5) is 12.0. The van der Waals surface area contributed by atoms with Gasteiger partial charge in [-0.1, -0.05) is 6.07 Å². The fraction of sp³-hybridized carbons (Fsp3) is 0.444. The first kappa shape index (κ1) is 16.1. The van der Waals surface area contributed by atoms with Gasteiger partial charge in [0.1, 0.15) is 17.4 Å². The molecule has 3 heterocycles. The van der Waals surface area contributed by atoms with Crippen LogP contribution < -0.4 is 0 Å². The molecule has 0 unspecified atom stereocenters. The number of amidine groups is 1. The Labute approximate surface area is 146 Å². The minimum atomic E-state index is 0.211. The van der Waals surface area contributed by atoms with Crippen LogP contribution in [0.25, 0.3) is 16.6 Å². The molecule has 2 aromatic rings. The van der Waals surface area contributed by atoms with Crippen molar-refractivity contribution in [1.82, 2.24) is 19.8 Å². The number of aryl methyl sites for hydroxylation is 1. The first-order valence-electron chi connectivity index (χ1n) is 8.64. The van der Waals surface area contributed by atoms with Gasteiger partial charge < -0.3 is 19.7 Å². The van der Waals surface area contributed by atoms with Gasteiger partial charge in [0.25, 0.3) is 0 Å². The molecular weight excluding hydrogens is 318 g/mol. The number of aliphatic hydroxyl groups is 1. The molecule has 0 atom stereocenters. The van der Waals surface area contributed by atoms with Crippen LogP contribution >= 0.6 is 0 Å². The minimum absolute atomic E-state index is 0.211. The van der Waals surface area contributed by atoms with Crippen LogP contribution in [0.1, 0.15) is 11.4 Å². The highest BCUT2D eigenvalue weighted by Gasteiger charge is 2.30. The van der Waals surface area contributed by atoms with E-state index < -0.39 is 0 Å². The van der Waals surface area contributed by atoms with Gasteiger partial charge in [0.15, 0.2) is 0 Å². The number of benzene rings is 1. The van der Waals surface area contributed by atoms with Crippen LogP contribution in [-0.2, 0) is 4.74 Å². The van der Waals surface area contributed by atoms with Crippen molar-refractivity contribution in [2.45, 2.75) is 6.92 Å². The monoisotopic (exact) mass is 341 g/mol. The maximum absolute atomic E-state index is 10.4. The Bertz CT molecular complexity index is 835. The largest absolute Gasteiger partial charge is 0.510 e. The normalized spacial score (nSPS) is 19.4. The van der Waals surface area contributed by atoms with Crippen LogP contribution in [0.2, 0.25) is 0 Å². The van der Waals surface area contributed by atoms with E-state index in [9.17, 15) is 5.11 Å². The number of nitrogens with zero attached hydrogens (tertiary/aromatic N) is 3. The summed E-state index contributed by atoms with van der Waals surface area (Å²) in [5.74, 6) is 1.11. The zero-order chi connectivity index (χ0) is 17.4. The number of aliphatic hydroxyl groups excluding tert-OH is 1. The predicted octanol–water partition coefficient (Wildman–Crippen LogP) is 1.77. The molecule has 7 nitrogen and oxygen atoms in total. The fourth-order valence-corrected chi connectivity index (χ4v) is 3.40. The highest BCUT2D eigenvalue weighted by atomic mass is 16.5. The van der Waals surface area contributed by atoms with Crippen LogP contribution in [0, 0.1) is 12.3 Å². The number of H-pyrrole nitrogens is 1. The maximum Gasteiger partial charge on any atom is 0.145 e. The quantitative estimate of drug-likeness (QED) is 0.789. The Balaban J connectivity index is 1.49. The van der Waals surface area contributed by atoms with Gasteiger partial charge in [-0.3, -0.25) is 10.3 Å². The van der Waals surface area contributed by atoms with Crippen LogP contribution in [0.4, 0.5) is 0 Å². The Kier molecular flexibility index (Phi) is 4.19. The molecule has 0 bridgehead atoms. The molecule has 1 aromatic carbocycles. The lowest BCUT2D eigenvalue weighted by Crippen LogP contribution is -2.42. The molecule has 0 saturated carbocycles. The molecule has 132 valence electrons. The van der Waals surface area contributed by atoms with Crippen LogP contribution in [0.5, 0.6) is 0 Å². The van der Waals surface area contributed by atoms with Crippen LogP contribution in [0.15, 0.2) is 24.0 Å². The summed E-state index contributed by atoms with van der Waals surface area (Å²) in [7, 11) is 0. The number of aromatic amines is 1. The van der Waals surface area contributed by atoms with E-state index in [1.165, 1.54) is 0 Å². The molecule has 1 fully saturated rings. The third kappa shape index (κ3) is 3.12. The summed E-state index contributed by atoms with van der Waals surface area (Å²) in [6, 6.07) is 5.99. The lowest BCUT2D eigenvalue weighted by atomic mass is 10.2. The lowest BCUT2D eigenvalue weighted by Gasteiger charge is -2.29. The molecule has 0 radical (unpaired) electrons. The summed E-state index contributed by atoms with van der Waals surface area (Å²) in [6.07, 6.45) is 0. The van der Waals surface area contributed by atoms with E-state index in [1.807, 2.05) is 30.0 Å². The summed E-state index contributed by atoms with van der Waals surface area (Å²) >= 11 is 0. The Morgan fingerprint density at radius 3 is 2.88 bits per heavy atom. The number of hydrogen-bond donors (Lipinski definition) is 3. The van der Waals surface area contributed by atoms with E-state index in [2.05, 4.69) is 14.9 Å². The number of ether oxygens (including phenoxy) is 1. The van der Waals surface area contributed by atoms with Gasteiger partial charge >= 0.3 is 0 Å². The van der Waals surface area contributed by atoms with Crippen molar-refractivity contribution in [3.8, 4) is 0 Å². The van der Waals surface area contributed by atoms with E-state index in [0.717, 1.165) is 49.4 Å². The molecule has 2 aliphatic rings. The Hall–Kier alpha value is -2.38. The number of rotatable bonds is 4. The topological polar surface area (TPSA) is 88.5 Å². The van der Waals surface area contributed by atoms with E-state index in [4.69, 9.17) is 10.1 Å². The molecule has 1 saturated heterocycles. The van der Waals surface area contributed by atoms with Crippen molar-refractivity contribution < 1.29 is 9.84 Å². The molecule has 3 N–H and O–H groups in total. The van der Waals surface area contributed by atoms with Gasteiger partial charge in [-0.25, -0.2) is 4.98 Å². The van der Waals surface area contributed by atoms with Crippen molar-refractivity contribution in [3.05, 3.63) is 35.3 Å². The second kappa shape index (κ2) is 6.50. The Morgan fingerprint density at radius 2 is 2.08 bits per heavy atom. The van der Waals surface area contributed by atoms with E-state index in [0.29, 0.717) is 30.3 Å². The van der Waals surface area contributed by atoms with E-state index in [1.54, 1.807) is 0 Å². The molecule has 0 aliphatic carbocycles. The Morgan fingerprint density at radius 1 is 1.28 bits per heavy atom. The molecular formula is C18H23N5O2. The third-order valence-electron chi connectivity index (χ3n) is 4.85. The maximum atomic E-state index is 10.4. The summed E-state index contributed by atoms with van der Waals surface area (Å²) in [5, 5.41) is 18.9. The molecule has 4 rings (SSSR count). The first-order valence-corrected chi connectivity index (χ1v) is 8.64. The van der Waals surface area contributed by atoms with Crippen LogP contribution in [-0.4, -0.2) is 76.6 Å². The van der Waals surface area contributed by atoms with Gasteiger partial charge in [-0.05, 0) is 24.6 Å². The third-order valence-corrected chi connectivity index (χ3v) is 4.85. The minimum Gasteiger partial charge on any atom is -0.510 e. The van der Waals surface area contributed by atoms with Gasteiger partial charge in [-0.2, -0.15) is 0 Å². The molecule has 7 heteroatoms.